The van der Waals surface area contributed by atoms with Crippen LogP contribution in [0.15, 0.2) is 24.3 Å². The zero-order valence-electron chi connectivity index (χ0n) is 11.8. The Morgan fingerprint density at radius 3 is 2.64 bits per heavy atom. The number of carbonyl (C=O) groups excluding carboxylic acids is 3. The fourth-order valence-electron chi connectivity index (χ4n) is 1.30. The van der Waals surface area contributed by atoms with E-state index in [0.29, 0.717) is 5.56 Å². The zero-order valence-corrected chi connectivity index (χ0v) is 12.5. The summed E-state index contributed by atoms with van der Waals surface area (Å²) in [6, 6.07) is 3.90. The van der Waals surface area contributed by atoms with Crippen molar-refractivity contribution in [1.29, 1.82) is 0 Å². The van der Waals surface area contributed by atoms with Crippen molar-refractivity contribution in [2.45, 2.75) is 13.0 Å². The number of hydrogen-bond acceptors (Lipinski definition) is 5. The van der Waals surface area contributed by atoms with E-state index in [0.717, 1.165) is 19.3 Å². The van der Waals surface area contributed by atoms with Gasteiger partial charge in [0.1, 0.15) is 5.82 Å². The summed E-state index contributed by atoms with van der Waals surface area (Å²) in [7, 11) is 1.09. The maximum atomic E-state index is 13.0. The van der Waals surface area contributed by atoms with Gasteiger partial charge >= 0.3 is 12.1 Å². The first-order chi connectivity index (χ1) is 10.3. The highest BCUT2D eigenvalue weighted by Crippen LogP contribution is 2.16. The molecular weight excluding hydrogens is 317 g/mol. The number of amides is 2. The number of hydrogen-bond donors (Lipinski definition) is 1. The number of carbonyl (C=O) groups is 3. The van der Waals surface area contributed by atoms with E-state index >= 15 is 0 Å². The van der Waals surface area contributed by atoms with E-state index in [1.807, 2.05) is 5.32 Å². The van der Waals surface area contributed by atoms with Crippen molar-refractivity contribution in [2.24, 2.45) is 0 Å². The minimum Gasteiger partial charge on any atom is -0.453 e. The largest absolute Gasteiger partial charge is 0.453 e. The molecular formula is C14H13ClFNO5. The van der Waals surface area contributed by atoms with E-state index in [-0.39, 0.29) is 5.02 Å². The minimum atomic E-state index is -1.19. The summed E-state index contributed by atoms with van der Waals surface area (Å²) >= 11 is 5.60. The molecule has 1 atom stereocenters. The minimum absolute atomic E-state index is 0.0821. The molecule has 0 aliphatic rings. The highest BCUT2D eigenvalue weighted by molar-refractivity contribution is 6.30. The molecule has 0 saturated heterocycles. The number of halogens is 2. The Hall–Kier alpha value is -2.41. The van der Waals surface area contributed by atoms with Crippen molar-refractivity contribution >= 4 is 35.6 Å². The molecule has 1 rings (SSSR count). The Balaban J connectivity index is 2.58. The molecule has 0 bridgehead atoms. The zero-order chi connectivity index (χ0) is 16.7. The van der Waals surface area contributed by atoms with Crippen LogP contribution in [0.5, 0.6) is 0 Å². The number of methoxy groups -OCH3 is 1. The van der Waals surface area contributed by atoms with E-state index in [4.69, 9.17) is 16.3 Å². The average molecular weight is 330 g/mol. The first-order valence-electron chi connectivity index (χ1n) is 6.06. The third-order valence-corrected chi connectivity index (χ3v) is 2.72. The van der Waals surface area contributed by atoms with Crippen molar-refractivity contribution in [3.63, 3.8) is 0 Å². The molecule has 0 radical (unpaired) electrons. The van der Waals surface area contributed by atoms with Gasteiger partial charge in [0, 0.05) is 6.08 Å². The normalized spacial score (nSPS) is 11.8. The smallest absolute Gasteiger partial charge is 0.413 e. The van der Waals surface area contributed by atoms with Gasteiger partial charge in [-0.25, -0.2) is 14.0 Å². The van der Waals surface area contributed by atoms with Gasteiger partial charge in [-0.15, -0.1) is 0 Å². The second-order valence-corrected chi connectivity index (χ2v) is 4.47. The molecule has 0 unspecified atom stereocenters. The molecule has 8 heteroatoms. The molecule has 0 fully saturated rings. The standard InChI is InChI=1S/C14H13ClFNO5/c1-8(13(19)17-14(20)21-2)22-12(18)6-4-9-3-5-11(16)10(15)7-9/h3-8H,1-2H3,(H,17,19,20)/b6-4+/t8-/m0/s1. The summed E-state index contributed by atoms with van der Waals surface area (Å²) in [5.41, 5.74) is 0.481. The number of esters is 1. The van der Waals surface area contributed by atoms with Gasteiger partial charge in [0.25, 0.3) is 5.91 Å². The summed E-state index contributed by atoms with van der Waals surface area (Å²) in [6.45, 7) is 1.29. The fourth-order valence-corrected chi connectivity index (χ4v) is 1.49. The van der Waals surface area contributed by atoms with E-state index < -0.39 is 29.9 Å². The number of nitrogens with one attached hydrogen (secondary N) is 1. The Morgan fingerprint density at radius 1 is 1.36 bits per heavy atom. The summed E-state index contributed by atoms with van der Waals surface area (Å²) in [4.78, 5) is 33.8. The topological polar surface area (TPSA) is 81.7 Å². The van der Waals surface area contributed by atoms with Crippen LogP contribution in [-0.2, 0) is 19.1 Å². The van der Waals surface area contributed by atoms with Crippen LogP contribution in [0.2, 0.25) is 5.02 Å². The van der Waals surface area contributed by atoms with Crippen molar-refractivity contribution in [2.75, 3.05) is 7.11 Å². The van der Waals surface area contributed by atoms with Crippen LogP contribution in [0.4, 0.5) is 9.18 Å². The third kappa shape index (κ3) is 5.53. The van der Waals surface area contributed by atoms with Gasteiger partial charge in [0.15, 0.2) is 6.10 Å². The lowest BCUT2D eigenvalue weighted by Gasteiger charge is -2.10. The van der Waals surface area contributed by atoms with Crippen LogP contribution in [0.3, 0.4) is 0 Å². The van der Waals surface area contributed by atoms with Gasteiger partial charge in [0.05, 0.1) is 12.1 Å². The quantitative estimate of drug-likeness (QED) is 0.677. The van der Waals surface area contributed by atoms with Gasteiger partial charge in [-0.1, -0.05) is 17.7 Å². The molecule has 0 aliphatic carbocycles. The molecule has 0 heterocycles. The molecule has 1 N–H and O–H groups in total. The first kappa shape index (κ1) is 17.6. The van der Waals surface area contributed by atoms with Gasteiger partial charge in [-0.05, 0) is 30.7 Å². The van der Waals surface area contributed by atoms with E-state index in [1.165, 1.54) is 25.1 Å². The van der Waals surface area contributed by atoms with Gasteiger partial charge in [0.2, 0.25) is 0 Å². The number of imide groups is 1. The summed E-state index contributed by atoms with van der Waals surface area (Å²) in [5, 5.41) is 1.78. The molecule has 0 saturated carbocycles. The van der Waals surface area contributed by atoms with Gasteiger partial charge in [-0.3, -0.25) is 10.1 Å². The average Bonchev–Trinajstić information content (AvgIpc) is 2.48. The molecule has 22 heavy (non-hydrogen) atoms. The van der Waals surface area contributed by atoms with E-state index in [2.05, 4.69) is 4.74 Å². The molecule has 2 amide bonds. The second-order valence-electron chi connectivity index (χ2n) is 4.07. The van der Waals surface area contributed by atoms with Crippen LogP contribution in [0.25, 0.3) is 6.08 Å². The van der Waals surface area contributed by atoms with Gasteiger partial charge < -0.3 is 9.47 Å². The third-order valence-electron chi connectivity index (χ3n) is 2.43. The Kier molecular flexibility index (Phi) is 6.52. The summed E-state index contributed by atoms with van der Waals surface area (Å²) < 4.78 is 22.0. The monoisotopic (exact) mass is 329 g/mol. The highest BCUT2D eigenvalue weighted by Gasteiger charge is 2.19. The van der Waals surface area contributed by atoms with Crippen molar-refractivity contribution in [3.8, 4) is 0 Å². The fraction of sp³-hybridized carbons (Fsp3) is 0.214. The molecule has 0 spiro atoms. The van der Waals surface area contributed by atoms with E-state index in [1.54, 1.807) is 0 Å². The predicted octanol–water partition coefficient (Wildman–Crippen LogP) is 2.31. The van der Waals surface area contributed by atoms with E-state index in [9.17, 15) is 18.8 Å². The summed E-state index contributed by atoms with van der Waals surface area (Å²) in [6.07, 6.45) is 0.252. The number of benzene rings is 1. The molecule has 118 valence electrons. The molecule has 1 aromatic rings. The second kappa shape index (κ2) is 8.14. The van der Waals surface area contributed by atoms with Crippen LogP contribution < -0.4 is 5.32 Å². The Bertz CT molecular complexity index is 617. The number of alkyl carbamates (subject to hydrolysis) is 1. The van der Waals surface area contributed by atoms with Crippen LogP contribution >= 0.6 is 11.6 Å². The van der Waals surface area contributed by atoms with Gasteiger partial charge in [-0.2, -0.15) is 0 Å². The first-order valence-corrected chi connectivity index (χ1v) is 6.44. The molecule has 6 nitrogen and oxygen atoms in total. The lowest BCUT2D eigenvalue weighted by atomic mass is 10.2. The SMILES string of the molecule is COC(=O)NC(=O)[C@H](C)OC(=O)/C=C/c1ccc(F)c(Cl)c1. The number of rotatable bonds is 4. The lowest BCUT2D eigenvalue weighted by molar-refractivity contribution is -0.149. The molecule has 1 aromatic carbocycles. The Morgan fingerprint density at radius 2 is 2.05 bits per heavy atom. The molecule has 0 aliphatic heterocycles. The summed E-state index contributed by atoms with van der Waals surface area (Å²) in [5.74, 6) is -2.21. The van der Waals surface area contributed by atoms with Crippen LogP contribution in [0.1, 0.15) is 12.5 Å². The van der Waals surface area contributed by atoms with Crippen molar-refractivity contribution in [3.05, 3.63) is 40.7 Å². The van der Waals surface area contributed by atoms with Crippen LogP contribution in [0, 0.1) is 5.82 Å². The predicted molar refractivity (Wildman–Crippen MR) is 76.5 cm³/mol. The maximum absolute atomic E-state index is 13.0. The Labute approximate surface area is 130 Å². The lowest BCUT2D eigenvalue weighted by Crippen LogP contribution is -2.39. The van der Waals surface area contributed by atoms with Crippen molar-refractivity contribution in [1.82, 2.24) is 5.32 Å². The number of ether oxygens (including phenoxy) is 2. The molecule has 0 aromatic heterocycles. The maximum Gasteiger partial charge on any atom is 0.413 e. The van der Waals surface area contributed by atoms with Crippen molar-refractivity contribution < 1.29 is 28.2 Å². The van der Waals surface area contributed by atoms with Crippen LogP contribution in [-0.4, -0.2) is 31.2 Å². The highest BCUT2D eigenvalue weighted by atomic mass is 35.5.